The monoisotopic (exact) mass is 430 g/mol. The molecule has 0 bridgehead atoms. The number of carbonyl (C=O) groups is 1. The normalized spacial score (nSPS) is 34.8. The second-order valence-electron chi connectivity index (χ2n) is 10.2. The summed E-state index contributed by atoms with van der Waals surface area (Å²) in [5.74, 6) is 9.11. The van der Waals surface area contributed by atoms with Crippen LogP contribution in [0.15, 0.2) is 41.0 Å². The van der Waals surface area contributed by atoms with E-state index in [0.717, 1.165) is 62.9 Å². The summed E-state index contributed by atoms with van der Waals surface area (Å²) in [6.45, 7) is 2.11. The zero-order chi connectivity index (χ0) is 21.9. The van der Waals surface area contributed by atoms with Gasteiger partial charge in [-0.25, -0.2) is 0 Å². The van der Waals surface area contributed by atoms with Gasteiger partial charge in [-0.1, -0.05) is 17.6 Å². The first-order chi connectivity index (χ1) is 15.5. The van der Waals surface area contributed by atoms with Crippen LogP contribution in [0.3, 0.4) is 0 Å². The van der Waals surface area contributed by atoms with Crippen molar-refractivity contribution >= 4 is 5.78 Å². The topological polar surface area (TPSA) is 55.8 Å². The van der Waals surface area contributed by atoms with Gasteiger partial charge in [-0.2, -0.15) is 0 Å². The van der Waals surface area contributed by atoms with Crippen molar-refractivity contribution in [3.63, 3.8) is 0 Å². The molecule has 2 fully saturated rings. The summed E-state index contributed by atoms with van der Waals surface area (Å²) < 4.78 is 11.1. The van der Waals surface area contributed by atoms with E-state index in [1.165, 1.54) is 16.7 Å². The molecule has 6 rings (SSSR count). The molecule has 0 amide bonds. The van der Waals surface area contributed by atoms with Crippen LogP contribution in [-0.4, -0.2) is 23.3 Å². The molecule has 2 saturated carbocycles. The third-order valence-electron chi connectivity index (χ3n) is 8.87. The smallest absolute Gasteiger partial charge is 0.231 e. The number of allylic oxidation sites excluding steroid dienone is 4. The Balaban J connectivity index is 1.41. The van der Waals surface area contributed by atoms with E-state index in [4.69, 9.17) is 9.47 Å². The molecular formula is C28H30O4. The first-order valence-corrected chi connectivity index (χ1v) is 12.0. The van der Waals surface area contributed by atoms with Crippen LogP contribution in [0.5, 0.6) is 11.5 Å². The molecule has 1 heterocycles. The minimum atomic E-state index is -0.961. The van der Waals surface area contributed by atoms with Gasteiger partial charge in [-0.3, -0.25) is 4.79 Å². The Hall–Kier alpha value is -2.51. The molecule has 1 N–H and O–H groups in total. The number of benzene rings is 1. The van der Waals surface area contributed by atoms with E-state index >= 15 is 0 Å². The average Bonchev–Trinajstić information content (AvgIpc) is 3.36. The van der Waals surface area contributed by atoms with E-state index in [0.29, 0.717) is 18.3 Å². The fourth-order valence-electron chi connectivity index (χ4n) is 7.55. The molecule has 166 valence electrons. The minimum Gasteiger partial charge on any atom is -0.454 e. The molecule has 0 spiro atoms. The zero-order valence-electron chi connectivity index (χ0n) is 18.7. The van der Waals surface area contributed by atoms with Gasteiger partial charge < -0.3 is 14.6 Å². The maximum Gasteiger partial charge on any atom is 0.231 e. The molecule has 1 unspecified atom stereocenters. The van der Waals surface area contributed by atoms with Crippen molar-refractivity contribution in [2.75, 3.05) is 6.79 Å². The second-order valence-corrected chi connectivity index (χ2v) is 10.2. The highest BCUT2D eigenvalue weighted by Gasteiger charge is 2.62. The second kappa shape index (κ2) is 7.25. The highest BCUT2D eigenvalue weighted by molar-refractivity contribution is 5.93. The summed E-state index contributed by atoms with van der Waals surface area (Å²) in [5.41, 5.74) is 4.30. The molecule has 5 aliphatic rings. The van der Waals surface area contributed by atoms with Gasteiger partial charge in [0.15, 0.2) is 17.3 Å². The third kappa shape index (κ3) is 2.83. The molecule has 0 aromatic heterocycles. The molecule has 4 atom stereocenters. The molecule has 0 radical (unpaired) electrons. The van der Waals surface area contributed by atoms with Gasteiger partial charge in [-0.05, 0) is 105 Å². The Kier molecular flexibility index (Phi) is 4.56. The highest BCUT2D eigenvalue weighted by Crippen LogP contribution is 2.64. The van der Waals surface area contributed by atoms with Crippen molar-refractivity contribution in [3.05, 3.63) is 46.6 Å². The van der Waals surface area contributed by atoms with E-state index in [9.17, 15) is 9.90 Å². The van der Waals surface area contributed by atoms with Crippen molar-refractivity contribution in [2.24, 2.45) is 17.3 Å². The van der Waals surface area contributed by atoms with Crippen molar-refractivity contribution < 1.29 is 19.4 Å². The highest BCUT2D eigenvalue weighted by atomic mass is 16.7. The van der Waals surface area contributed by atoms with Crippen molar-refractivity contribution in [3.8, 4) is 23.3 Å². The molecular weight excluding hydrogens is 400 g/mol. The largest absolute Gasteiger partial charge is 0.454 e. The molecule has 1 aliphatic heterocycles. The first-order valence-electron chi connectivity index (χ1n) is 12.0. The van der Waals surface area contributed by atoms with Crippen LogP contribution in [-0.2, 0) is 11.2 Å². The minimum absolute atomic E-state index is 0.260. The molecule has 1 aromatic rings. The van der Waals surface area contributed by atoms with Gasteiger partial charge >= 0.3 is 0 Å². The zero-order valence-corrected chi connectivity index (χ0v) is 18.7. The van der Waals surface area contributed by atoms with Crippen molar-refractivity contribution in [1.82, 2.24) is 0 Å². The standard InChI is InChI=1S/C28H30O4/c1-2-11-28(30)13-10-24-23-6-4-19-15-20(29)5-7-21(19)22(23)9-12-27(24,28)16-18-3-8-25-26(14-18)32-17-31-25/h3,8,14-15,23-24,30H,4-7,9-10,12-13,16-17H2,1H3/t23-,24+,27-,28?/m1/s1. The van der Waals surface area contributed by atoms with Gasteiger partial charge in [-0.15, -0.1) is 5.92 Å². The van der Waals surface area contributed by atoms with Gasteiger partial charge in [0.2, 0.25) is 6.79 Å². The van der Waals surface area contributed by atoms with E-state index in [-0.39, 0.29) is 18.0 Å². The number of hydrogen-bond acceptors (Lipinski definition) is 4. The van der Waals surface area contributed by atoms with Crippen LogP contribution >= 0.6 is 0 Å². The van der Waals surface area contributed by atoms with Gasteiger partial charge in [0.1, 0.15) is 5.60 Å². The van der Waals surface area contributed by atoms with E-state index in [2.05, 4.69) is 24.0 Å². The van der Waals surface area contributed by atoms with E-state index < -0.39 is 5.60 Å². The number of ether oxygens (including phenoxy) is 2. The number of fused-ring (bicyclic) bond motifs is 5. The predicted octanol–water partition coefficient (Wildman–Crippen LogP) is 4.90. The molecule has 1 aromatic carbocycles. The molecule has 4 nitrogen and oxygen atoms in total. The average molecular weight is 431 g/mol. The van der Waals surface area contributed by atoms with Crippen molar-refractivity contribution in [1.29, 1.82) is 0 Å². The summed E-state index contributed by atoms with van der Waals surface area (Å²) >= 11 is 0. The predicted molar refractivity (Wildman–Crippen MR) is 121 cm³/mol. The Morgan fingerprint density at radius 3 is 2.84 bits per heavy atom. The maximum absolute atomic E-state index is 12.0. The Morgan fingerprint density at radius 2 is 1.97 bits per heavy atom. The molecule has 4 aliphatic carbocycles. The molecule has 32 heavy (non-hydrogen) atoms. The number of rotatable bonds is 2. The lowest BCUT2D eigenvalue weighted by molar-refractivity contribution is -0.114. The van der Waals surface area contributed by atoms with Crippen molar-refractivity contribution in [2.45, 2.75) is 70.3 Å². The molecule has 0 saturated heterocycles. The van der Waals surface area contributed by atoms with Crippen LogP contribution < -0.4 is 9.47 Å². The SMILES string of the molecule is CC#CC1(O)CC[C@H]2[C@@H]3CCC4=CC(=O)CCC4=C3CC[C@@]21Cc1ccc2c(c1)OCO2. The van der Waals surface area contributed by atoms with Crippen LogP contribution in [0.4, 0.5) is 0 Å². The number of aliphatic hydroxyl groups is 1. The Labute approximate surface area is 189 Å². The molecule has 4 heteroatoms. The Bertz CT molecular complexity index is 1120. The first kappa shape index (κ1) is 20.1. The third-order valence-corrected chi connectivity index (χ3v) is 8.87. The van der Waals surface area contributed by atoms with Gasteiger partial charge in [0, 0.05) is 11.8 Å². The Morgan fingerprint density at radius 1 is 1.09 bits per heavy atom. The number of ketones is 1. The fraction of sp³-hybridized carbons (Fsp3) is 0.536. The lowest BCUT2D eigenvalue weighted by Crippen LogP contribution is -2.52. The summed E-state index contributed by atoms with van der Waals surface area (Å²) in [6, 6.07) is 6.21. The lowest BCUT2D eigenvalue weighted by atomic mass is 9.52. The van der Waals surface area contributed by atoms with Crippen LogP contribution in [0.2, 0.25) is 0 Å². The summed E-state index contributed by atoms with van der Waals surface area (Å²) in [5, 5.41) is 11.9. The van der Waals surface area contributed by atoms with E-state index in [1.807, 2.05) is 19.1 Å². The van der Waals surface area contributed by atoms with Gasteiger partial charge in [0.05, 0.1) is 0 Å². The van der Waals surface area contributed by atoms with Crippen LogP contribution in [0, 0.1) is 29.1 Å². The summed E-state index contributed by atoms with van der Waals surface area (Å²) in [7, 11) is 0. The lowest BCUT2D eigenvalue weighted by Gasteiger charge is -2.52. The summed E-state index contributed by atoms with van der Waals surface area (Å²) in [6.07, 6.45) is 10.0. The van der Waals surface area contributed by atoms with Crippen LogP contribution in [0.25, 0.3) is 0 Å². The number of hydrogen-bond donors (Lipinski definition) is 1. The fourth-order valence-corrected chi connectivity index (χ4v) is 7.55. The number of carbonyl (C=O) groups excluding carboxylic acids is 1. The quantitative estimate of drug-likeness (QED) is 0.678. The summed E-state index contributed by atoms with van der Waals surface area (Å²) in [4.78, 5) is 12.0. The van der Waals surface area contributed by atoms with E-state index in [1.54, 1.807) is 5.57 Å². The maximum atomic E-state index is 12.0. The van der Waals surface area contributed by atoms with Crippen LogP contribution in [0.1, 0.15) is 63.9 Å². The van der Waals surface area contributed by atoms with Gasteiger partial charge in [0.25, 0.3) is 0 Å².